The van der Waals surface area contributed by atoms with Crippen LogP contribution in [0, 0.1) is 0 Å². The van der Waals surface area contributed by atoms with Crippen LogP contribution >= 0.6 is 0 Å². The van der Waals surface area contributed by atoms with Crippen molar-refractivity contribution < 1.29 is 8.42 Å². The van der Waals surface area contributed by atoms with Crippen LogP contribution in [0.15, 0.2) is 23.2 Å². The average molecular weight is 311 g/mol. The fraction of sp³-hybridized carbons (Fsp3) is 0.667. The summed E-state index contributed by atoms with van der Waals surface area (Å²) in [6.45, 7) is 1.70. The summed E-state index contributed by atoms with van der Waals surface area (Å²) < 4.78 is 22.7. The zero-order valence-corrected chi connectivity index (χ0v) is 13.5. The molecule has 1 fully saturated rings. The van der Waals surface area contributed by atoms with Gasteiger partial charge in [-0.3, -0.25) is 0 Å². The number of hydrogen-bond acceptors (Lipinski definition) is 5. The van der Waals surface area contributed by atoms with Gasteiger partial charge in [0.05, 0.1) is 4.90 Å². The number of aromatic nitrogens is 1. The molecule has 2 rings (SSSR count). The Morgan fingerprint density at radius 3 is 2.43 bits per heavy atom. The number of nitrogens with zero attached hydrogens (tertiary/aromatic N) is 1. The van der Waals surface area contributed by atoms with E-state index in [4.69, 9.17) is 0 Å². The fourth-order valence-electron chi connectivity index (χ4n) is 2.65. The maximum absolute atomic E-state index is 11.3. The third-order valence-corrected chi connectivity index (χ3v) is 4.98. The number of pyridine rings is 1. The Morgan fingerprint density at radius 2 is 1.86 bits per heavy atom. The molecule has 21 heavy (non-hydrogen) atoms. The van der Waals surface area contributed by atoms with Crippen molar-refractivity contribution in [1.82, 2.24) is 10.3 Å². The molecular formula is C15H25N3O2S. The molecule has 6 heteroatoms. The summed E-state index contributed by atoms with van der Waals surface area (Å²) >= 11 is 0. The highest BCUT2D eigenvalue weighted by atomic mass is 32.2. The molecule has 0 radical (unpaired) electrons. The van der Waals surface area contributed by atoms with E-state index in [0.717, 1.165) is 13.1 Å². The molecule has 1 aliphatic carbocycles. The predicted molar refractivity (Wildman–Crippen MR) is 85.3 cm³/mol. The average Bonchev–Trinajstić information content (AvgIpc) is 2.72. The van der Waals surface area contributed by atoms with Crippen molar-refractivity contribution in [2.75, 3.05) is 24.7 Å². The van der Waals surface area contributed by atoms with Crippen molar-refractivity contribution in [2.24, 2.45) is 0 Å². The smallest absolute Gasteiger partial charge is 0.177 e. The lowest BCUT2D eigenvalue weighted by molar-refractivity contribution is 0.468. The van der Waals surface area contributed by atoms with Gasteiger partial charge in [0.1, 0.15) is 5.82 Å². The van der Waals surface area contributed by atoms with Crippen molar-refractivity contribution in [3.63, 3.8) is 0 Å². The molecular weight excluding hydrogens is 286 g/mol. The van der Waals surface area contributed by atoms with Crippen molar-refractivity contribution in [2.45, 2.75) is 49.5 Å². The standard InChI is InChI=1S/C15H25N3O2S/c1-21(19,20)14-8-9-15(18-12-14)17-11-10-16-13-6-4-2-3-5-7-13/h8-9,12-13,16H,2-7,10-11H2,1H3,(H,17,18). The van der Waals surface area contributed by atoms with Gasteiger partial charge in [-0.05, 0) is 25.0 Å². The Balaban J connectivity index is 1.71. The molecule has 1 aliphatic rings. The highest BCUT2D eigenvalue weighted by Gasteiger charge is 2.11. The maximum atomic E-state index is 11.3. The van der Waals surface area contributed by atoms with E-state index >= 15 is 0 Å². The minimum Gasteiger partial charge on any atom is -0.369 e. The third-order valence-electron chi connectivity index (χ3n) is 3.88. The fourth-order valence-corrected chi connectivity index (χ4v) is 3.21. The van der Waals surface area contributed by atoms with Gasteiger partial charge in [0.2, 0.25) is 0 Å². The maximum Gasteiger partial charge on any atom is 0.177 e. The summed E-state index contributed by atoms with van der Waals surface area (Å²) in [5.41, 5.74) is 0. The van der Waals surface area contributed by atoms with Gasteiger partial charge in [0, 0.05) is 31.6 Å². The first-order valence-corrected chi connectivity index (χ1v) is 9.58. The van der Waals surface area contributed by atoms with Gasteiger partial charge >= 0.3 is 0 Å². The molecule has 1 saturated carbocycles. The first-order chi connectivity index (χ1) is 10.1. The number of rotatable bonds is 6. The second-order valence-corrected chi connectivity index (χ2v) is 7.74. The molecule has 0 atom stereocenters. The van der Waals surface area contributed by atoms with E-state index in [9.17, 15) is 8.42 Å². The van der Waals surface area contributed by atoms with Gasteiger partial charge in [0.15, 0.2) is 9.84 Å². The molecule has 0 spiro atoms. The second kappa shape index (κ2) is 7.75. The molecule has 0 aromatic carbocycles. The lowest BCUT2D eigenvalue weighted by Crippen LogP contribution is -2.32. The molecule has 0 saturated heterocycles. The van der Waals surface area contributed by atoms with E-state index in [2.05, 4.69) is 15.6 Å². The largest absolute Gasteiger partial charge is 0.369 e. The van der Waals surface area contributed by atoms with Crippen LogP contribution < -0.4 is 10.6 Å². The van der Waals surface area contributed by atoms with Crippen LogP contribution in [0.4, 0.5) is 5.82 Å². The van der Waals surface area contributed by atoms with Crippen LogP contribution in [0.5, 0.6) is 0 Å². The number of anilines is 1. The minimum absolute atomic E-state index is 0.254. The van der Waals surface area contributed by atoms with Crippen molar-refractivity contribution >= 4 is 15.7 Å². The van der Waals surface area contributed by atoms with E-state index in [1.165, 1.54) is 51.0 Å². The molecule has 0 aliphatic heterocycles. The first-order valence-electron chi connectivity index (χ1n) is 7.69. The van der Waals surface area contributed by atoms with Gasteiger partial charge in [-0.15, -0.1) is 0 Å². The number of nitrogens with one attached hydrogen (secondary N) is 2. The third kappa shape index (κ3) is 5.63. The molecule has 0 amide bonds. The first kappa shape index (κ1) is 16.2. The van der Waals surface area contributed by atoms with Crippen LogP contribution in [-0.4, -0.2) is 38.8 Å². The van der Waals surface area contributed by atoms with E-state index < -0.39 is 9.84 Å². The number of hydrogen-bond donors (Lipinski definition) is 2. The van der Waals surface area contributed by atoms with Crippen LogP contribution in [0.3, 0.4) is 0 Å². The number of sulfone groups is 1. The minimum atomic E-state index is -3.17. The normalized spacial score (nSPS) is 17.4. The molecule has 1 aromatic heterocycles. The summed E-state index contributed by atoms with van der Waals surface area (Å²) in [4.78, 5) is 4.38. The monoisotopic (exact) mass is 311 g/mol. The van der Waals surface area contributed by atoms with Crippen molar-refractivity contribution in [1.29, 1.82) is 0 Å². The Bertz CT molecular complexity index is 520. The topological polar surface area (TPSA) is 71.1 Å². The van der Waals surface area contributed by atoms with Gasteiger partial charge in [0.25, 0.3) is 0 Å². The van der Waals surface area contributed by atoms with Crippen LogP contribution in [0.2, 0.25) is 0 Å². The summed E-state index contributed by atoms with van der Waals surface area (Å²) in [6.07, 6.45) is 10.5. The van der Waals surface area contributed by atoms with Crippen molar-refractivity contribution in [3.8, 4) is 0 Å². The Hall–Kier alpha value is -1.14. The Kier molecular flexibility index (Phi) is 5.99. The molecule has 2 N–H and O–H groups in total. The van der Waals surface area contributed by atoms with E-state index in [0.29, 0.717) is 11.9 Å². The zero-order chi connectivity index (χ0) is 15.1. The second-order valence-electron chi connectivity index (χ2n) is 5.72. The van der Waals surface area contributed by atoms with Crippen LogP contribution in [0.1, 0.15) is 38.5 Å². The molecule has 0 unspecified atom stereocenters. The predicted octanol–water partition coefficient (Wildman–Crippen LogP) is 2.21. The quantitative estimate of drug-likeness (QED) is 0.622. The lowest BCUT2D eigenvalue weighted by Gasteiger charge is -2.16. The highest BCUT2D eigenvalue weighted by molar-refractivity contribution is 7.90. The SMILES string of the molecule is CS(=O)(=O)c1ccc(NCCNC2CCCCCC2)nc1. The van der Waals surface area contributed by atoms with Crippen LogP contribution in [-0.2, 0) is 9.84 Å². The Labute approximate surface area is 127 Å². The van der Waals surface area contributed by atoms with Gasteiger partial charge < -0.3 is 10.6 Å². The molecule has 1 aromatic rings. The van der Waals surface area contributed by atoms with Crippen LogP contribution in [0.25, 0.3) is 0 Å². The molecule has 0 bridgehead atoms. The summed E-state index contributed by atoms with van der Waals surface area (Å²) in [6, 6.07) is 3.95. The molecule has 118 valence electrons. The van der Waals surface area contributed by atoms with E-state index in [1.54, 1.807) is 12.1 Å². The lowest BCUT2D eigenvalue weighted by atomic mass is 10.1. The van der Waals surface area contributed by atoms with Gasteiger partial charge in [-0.25, -0.2) is 13.4 Å². The van der Waals surface area contributed by atoms with Crippen molar-refractivity contribution in [3.05, 3.63) is 18.3 Å². The summed E-state index contributed by atoms with van der Waals surface area (Å²) in [7, 11) is -3.17. The zero-order valence-electron chi connectivity index (χ0n) is 12.6. The summed E-state index contributed by atoms with van der Waals surface area (Å²) in [5.74, 6) is 0.713. The van der Waals surface area contributed by atoms with Gasteiger partial charge in [-0.1, -0.05) is 25.7 Å². The van der Waals surface area contributed by atoms with Gasteiger partial charge in [-0.2, -0.15) is 0 Å². The molecule has 5 nitrogen and oxygen atoms in total. The summed E-state index contributed by atoms with van der Waals surface area (Å²) in [5, 5.41) is 6.79. The van der Waals surface area contributed by atoms with E-state index in [-0.39, 0.29) is 4.90 Å². The highest BCUT2D eigenvalue weighted by Crippen LogP contribution is 2.17. The van der Waals surface area contributed by atoms with E-state index in [1.807, 2.05) is 0 Å². The molecule has 1 heterocycles. The Morgan fingerprint density at radius 1 is 1.14 bits per heavy atom.